The summed E-state index contributed by atoms with van der Waals surface area (Å²) in [6.07, 6.45) is 9.48. The second kappa shape index (κ2) is 3.74. The minimum atomic E-state index is 0.896. The molecule has 0 radical (unpaired) electrons. The van der Waals surface area contributed by atoms with Crippen molar-refractivity contribution in [3.8, 4) is 0 Å². The number of fused-ring (bicyclic) bond motifs is 1. The quantitative estimate of drug-likeness (QED) is 0.796. The van der Waals surface area contributed by atoms with Crippen molar-refractivity contribution >= 4 is 11.2 Å². The van der Waals surface area contributed by atoms with Crippen LogP contribution in [0.3, 0.4) is 0 Å². The highest BCUT2D eigenvalue weighted by atomic mass is 15.7. The molecular weight excluding hydrogens is 226 g/mol. The van der Waals surface area contributed by atoms with Crippen LogP contribution in [-0.4, -0.2) is 39.4 Å². The van der Waals surface area contributed by atoms with Gasteiger partial charge in [0.1, 0.15) is 6.67 Å². The molecular formula is C13H15N5. The fraction of sp³-hybridized carbons (Fsp3) is 0.308. The van der Waals surface area contributed by atoms with Gasteiger partial charge < -0.3 is 4.90 Å². The molecule has 2 aliphatic heterocycles. The average molecular weight is 241 g/mol. The van der Waals surface area contributed by atoms with Crippen LogP contribution in [0.5, 0.6) is 0 Å². The van der Waals surface area contributed by atoms with Crippen LogP contribution in [0, 0.1) is 0 Å². The van der Waals surface area contributed by atoms with E-state index in [0.29, 0.717) is 0 Å². The lowest BCUT2D eigenvalue weighted by Gasteiger charge is -2.39. The Balaban J connectivity index is 1.58. The fourth-order valence-corrected chi connectivity index (χ4v) is 2.39. The third-order valence-electron chi connectivity index (χ3n) is 3.62. The number of rotatable bonds is 2. The highest BCUT2D eigenvalue weighted by Crippen LogP contribution is 2.22. The predicted molar refractivity (Wildman–Crippen MR) is 69.7 cm³/mol. The molecule has 0 aliphatic carbocycles. The SMILES string of the molecule is C1=CN(N2CCC2)CN1c1ccc2ccnn2c1. The van der Waals surface area contributed by atoms with Crippen molar-refractivity contribution in [3.05, 3.63) is 43.0 Å². The normalized spacial score (nSPS) is 19.8. The van der Waals surface area contributed by atoms with Crippen molar-refractivity contribution in [2.24, 2.45) is 0 Å². The van der Waals surface area contributed by atoms with Gasteiger partial charge in [-0.15, -0.1) is 0 Å². The molecule has 1 fully saturated rings. The second-order valence-electron chi connectivity index (χ2n) is 4.74. The van der Waals surface area contributed by atoms with Gasteiger partial charge in [-0.05, 0) is 24.6 Å². The van der Waals surface area contributed by atoms with E-state index in [4.69, 9.17) is 0 Å². The van der Waals surface area contributed by atoms with Crippen molar-refractivity contribution < 1.29 is 0 Å². The lowest BCUT2D eigenvalue weighted by atomic mass is 10.3. The van der Waals surface area contributed by atoms with Crippen LogP contribution in [0.4, 0.5) is 5.69 Å². The number of aromatic nitrogens is 2. The summed E-state index contributed by atoms with van der Waals surface area (Å²) in [4.78, 5) is 2.24. The molecule has 5 nitrogen and oxygen atoms in total. The first-order chi connectivity index (χ1) is 8.90. The van der Waals surface area contributed by atoms with E-state index in [1.54, 1.807) is 0 Å². The average Bonchev–Trinajstić information content (AvgIpc) is 2.93. The maximum absolute atomic E-state index is 4.27. The maximum Gasteiger partial charge on any atom is 0.109 e. The van der Waals surface area contributed by atoms with E-state index in [0.717, 1.165) is 12.2 Å². The van der Waals surface area contributed by atoms with Gasteiger partial charge in [0, 0.05) is 31.7 Å². The Labute approximate surface area is 105 Å². The van der Waals surface area contributed by atoms with Crippen LogP contribution in [-0.2, 0) is 0 Å². The predicted octanol–water partition coefficient (Wildman–Crippen LogP) is 1.51. The van der Waals surface area contributed by atoms with E-state index in [-0.39, 0.29) is 0 Å². The van der Waals surface area contributed by atoms with Crippen molar-refractivity contribution in [1.29, 1.82) is 0 Å². The molecule has 2 aliphatic rings. The first-order valence-corrected chi connectivity index (χ1v) is 6.30. The zero-order valence-electron chi connectivity index (χ0n) is 10.1. The van der Waals surface area contributed by atoms with Gasteiger partial charge in [0.15, 0.2) is 0 Å². The van der Waals surface area contributed by atoms with Crippen LogP contribution in [0.25, 0.3) is 5.52 Å². The van der Waals surface area contributed by atoms with Gasteiger partial charge in [-0.3, -0.25) is 5.01 Å². The third-order valence-corrected chi connectivity index (χ3v) is 3.62. The minimum absolute atomic E-state index is 0.896. The molecule has 1 saturated heterocycles. The smallest absolute Gasteiger partial charge is 0.109 e. The summed E-state index contributed by atoms with van der Waals surface area (Å²) in [6.45, 7) is 3.25. The van der Waals surface area contributed by atoms with Crippen LogP contribution >= 0.6 is 0 Å². The molecule has 0 bridgehead atoms. The molecule has 2 aromatic heterocycles. The Morgan fingerprint density at radius 3 is 2.83 bits per heavy atom. The third kappa shape index (κ3) is 1.48. The topological polar surface area (TPSA) is 27.0 Å². The Kier molecular flexibility index (Phi) is 2.07. The molecule has 0 amide bonds. The Bertz CT molecular complexity index is 598. The van der Waals surface area contributed by atoms with Gasteiger partial charge in [-0.25, -0.2) is 9.52 Å². The Morgan fingerprint density at radius 2 is 2.00 bits per heavy atom. The highest BCUT2D eigenvalue weighted by molar-refractivity contribution is 5.56. The van der Waals surface area contributed by atoms with Crippen molar-refractivity contribution in [1.82, 2.24) is 19.6 Å². The molecule has 92 valence electrons. The van der Waals surface area contributed by atoms with Gasteiger partial charge in [0.2, 0.25) is 0 Å². The number of hydrogen-bond acceptors (Lipinski definition) is 4. The van der Waals surface area contributed by atoms with Gasteiger partial charge in [-0.1, -0.05) is 0 Å². The number of anilines is 1. The molecule has 0 unspecified atom stereocenters. The van der Waals surface area contributed by atoms with Crippen LogP contribution in [0.1, 0.15) is 6.42 Å². The molecule has 0 aromatic carbocycles. The van der Waals surface area contributed by atoms with Crippen molar-refractivity contribution in [2.75, 3.05) is 24.7 Å². The monoisotopic (exact) mass is 241 g/mol. The summed E-state index contributed by atoms with van der Waals surface area (Å²) >= 11 is 0. The van der Waals surface area contributed by atoms with E-state index in [9.17, 15) is 0 Å². The zero-order chi connectivity index (χ0) is 11.9. The molecule has 4 heterocycles. The van der Waals surface area contributed by atoms with Gasteiger partial charge in [0.25, 0.3) is 0 Å². The lowest BCUT2D eigenvalue weighted by molar-refractivity contribution is -0.0250. The molecule has 2 aromatic rings. The standard InChI is InChI=1S/C13H15N5/c1-6-16(7-1)17-9-8-15(11-17)13-3-2-12-4-5-14-18(12)10-13/h2-5,8-10H,1,6-7,11H2. The zero-order valence-corrected chi connectivity index (χ0v) is 10.1. The minimum Gasteiger partial charge on any atom is -0.326 e. The summed E-state index contributed by atoms with van der Waals surface area (Å²) in [7, 11) is 0. The Hall–Kier alpha value is -2.01. The van der Waals surface area contributed by atoms with Crippen LogP contribution in [0.15, 0.2) is 43.0 Å². The van der Waals surface area contributed by atoms with Crippen molar-refractivity contribution in [2.45, 2.75) is 6.42 Å². The summed E-state index contributed by atoms with van der Waals surface area (Å²) in [6, 6.07) is 6.25. The first-order valence-electron chi connectivity index (χ1n) is 6.30. The van der Waals surface area contributed by atoms with Crippen LogP contribution in [0.2, 0.25) is 0 Å². The number of hydrazine groups is 1. The van der Waals surface area contributed by atoms with E-state index < -0.39 is 0 Å². The molecule has 0 saturated carbocycles. The Morgan fingerprint density at radius 1 is 1.06 bits per heavy atom. The largest absolute Gasteiger partial charge is 0.326 e. The number of nitrogens with zero attached hydrogens (tertiary/aromatic N) is 5. The lowest BCUT2D eigenvalue weighted by Crippen LogP contribution is -2.48. The summed E-state index contributed by atoms with van der Waals surface area (Å²) in [5, 5.41) is 8.91. The molecule has 5 heteroatoms. The van der Waals surface area contributed by atoms with Gasteiger partial charge in [-0.2, -0.15) is 5.10 Å². The summed E-state index contributed by atoms with van der Waals surface area (Å²) in [5.41, 5.74) is 2.30. The molecule has 4 rings (SSSR count). The van der Waals surface area contributed by atoms with Gasteiger partial charge in [0.05, 0.1) is 17.4 Å². The molecule has 18 heavy (non-hydrogen) atoms. The molecule has 0 atom stereocenters. The molecule has 0 spiro atoms. The summed E-state index contributed by atoms with van der Waals surface area (Å²) < 4.78 is 1.91. The van der Waals surface area contributed by atoms with E-state index in [1.807, 2.05) is 16.8 Å². The summed E-state index contributed by atoms with van der Waals surface area (Å²) in [5.74, 6) is 0. The first kappa shape index (κ1) is 9.96. The van der Waals surface area contributed by atoms with Gasteiger partial charge >= 0.3 is 0 Å². The second-order valence-corrected chi connectivity index (χ2v) is 4.74. The van der Waals surface area contributed by atoms with E-state index >= 15 is 0 Å². The van der Waals surface area contributed by atoms with E-state index in [1.165, 1.54) is 25.2 Å². The highest BCUT2D eigenvalue weighted by Gasteiger charge is 2.24. The maximum atomic E-state index is 4.27. The number of pyridine rings is 1. The fourth-order valence-electron chi connectivity index (χ4n) is 2.39. The van der Waals surface area contributed by atoms with Crippen LogP contribution < -0.4 is 4.90 Å². The van der Waals surface area contributed by atoms with Crippen molar-refractivity contribution in [3.63, 3.8) is 0 Å². The number of hydrogen-bond donors (Lipinski definition) is 0. The molecule has 0 N–H and O–H groups in total. The van der Waals surface area contributed by atoms with E-state index in [2.05, 4.69) is 50.7 Å².